The molecule has 3 unspecified atom stereocenters. The zero-order valence-electron chi connectivity index (χ0n) is 18.6. The monoisotopic (exact) mass is 394 g/mol. The SMILES string of the molecule is CCCCCCCCCCCCCCCCCCC1(C(=O)O)CCC2OC2C1. The van der Waals surface area contributed by atoms with Crippen LogP contribution in [0.1, 0.15) is 135 Å². The molecule has 164 valence electrons. The lowest BCUT2D eigenvalue weighted by Crippen LogP contribution is -2.36. The minimum Gasteiger partial charge on any atom is -0.481 e. The molecule has 2 aliphatic rings. The van der Waals surface area contributed by atoms with Crippen molar-refractivity contribution in [3.63, 3.8) is 0 Å². The Morgan fingerprint density at radius 3 is 1.68 bits per heavy atom. The van der Waals surface area contributed by atoms with Crippen LogP contribution in [0.3, 0.4) is 0 Å². The first-order chi connectivity index (χ1) is 13.7. The molecule has 1 saturated heterocycles. The summed E-state index contributed by atoms with van der Waals surface area (Å²) in [5.74, 6) is -0.581. The Labute approximate surface area is 174 Å². The number of hydrogen-bond acceptors (Lipinski definition) is 2. The van der Waals surface area contributed by atoms with Crippen molar-refractivity contribution in [2.75, 3.05) is 0 Å². The molecule has 0 bridgehead atoms. The number of rotatable bonds is 18. The van der Waals surface area contributed by atoms with Crippen LogP contribution in [0.4, 0.5) is 0 Å². The van der Waals surface area contributed by atoms with Crippen molar-refractivity contribution in [2.24, 2.45) is 5.41 Å². The van der Waals surface area contributed by atoms with E-state index in [4.69, 9.17) is 4.74 Å². The summed E-state index contributed by atoms with van der Waals surface area (Å²) in [4.78, 5) is 11.8. The van der Waals surface area contributed by atoms with E-state index in [0.717, 1.165) is 32.1 Å². The molecule has 1 aliphatic carbocycles. The third-order valence-electron chi connectivity index (χ3n) is 7.15. The van der Waals surface area contributed by atoms with Gasteiger partial charge in [-0.15, -0.1) is 0 Å². The van der Waals surface area contributed by atoms with Crippen LogP contribution < -0.4 is 0 Å². The molecular weight excluding hydrogens is 348 g/mol. The predicted octanol–water partition coefficient (Wildman–Crippen LogP) is 7.66. The van der Waals surface area contributed by atoms with Gasteiger partial charge in [-0.2, -0.15) is 0 Å². The smallest absolute Gasteiger partial charge is 0.309 e. The summed E-state index contributed by atoms with van der Waals surface area (Å²) in [5.41, 5.74) is -0.479. The van der Waals surface area contributed by atoms with E-state index in [1.54, 1.807) is 0 Å². The van der Waals surface area contributed by atoms with Crippen LogP contribution in [0.25, 0.3) is 0 Å². The highest BCUT2D eigenvalue weighted by Crippen LogP contribution is 2.49. The molecule has 3 nitrogen and oxygen atoms in total. The minimum atomic E-state index is -0.581. The Kier molecular flexibility index (Phi) is 11.5. The molecule has 0 spiro atoms. The van der Waals surface area contributed by atoms with Gasteiger partial charge in [-0.3, -0.25) is 4.79 Å². The maximum Gasteiger partial charge on any atom is 0.309 e. The molecule has 2 rings (SSSR count). The Hall–Kier alpha value is -0.570. The largest absolute Gasteiger partial charge is 0.481 e. The molecule has 1 N–H and O–H groups in total. The van der Waals surface area contributed by atoms with Gasteiger partial charge in [-0.1, -0.05) is 110 Å². The fraction of sp³-hybridized carbons (Fsp3) is 0.960. The normalized spacial score (nSPS) is 26.2. The van der Waals surface area contributed by atoms with E-state index < -0.39 is 11.4 Å². The zero-order valence-corrected chi connectivity index (χ0v) is 18.6. The first-order valence-corrected chi connectivity index (χ1v) is 12.6. The van der Waals surface area contributed by atoms with Gasteiger partial charge in [-0.25, -0.2) is 0 Å². The Morgan fingerprint density at radius 2 is 1.25 bits per heavy atom. The summed E-state index contributed by atoms with van der Waals surface area (Å²) >= 11 is 0. The highest BCUT2D eigenvalue weighted by atomic mass is 16.6. The predicted molar refractivity (Wildman–Crippen MR) is 117 cm³/mol. The topological polar surface area (TPSA) is 49.8 Å². The second kappa shape index (κ2) is 13.6. The lowest BCUT2D eigenvalue weighted by molar-refractivity contribution is -0.151. The summed E-state index contributed by atoms with van der Waals surface area (Å²) in [6.07, 6.45) is 25.8. The van der Waals surface area contributed by atoms with Crippen molar-refractivity contribution in [3.05, 3.63) is 0 Å². The quantitative estimate of drug-likeness (QED) is 0.192. The van der Waals surface area contributed by atoms with Crippen LogP contribution in [-0.4, -0.2) is 23.3 Å². The number of carbonyl (C=O) groups is 1. The maximum absolute atomic E-state index is 11.8. The molecule has 1 saturated carbocycles. The second-order valence-electron chi connectivity index (χ2n) is 9.59. The lowest BCUT2D eigenvalue weighted by Gasteiger charge is -2.31. The third kappa shape index (κ3) is 8.84. The fourth-order valence-electron chi connectivity index (χ4n) is 5.06. The molecule has 28 heavy (non-hydrogen) atoms. The summed E-state index contributed by atoms with van der Waals surface area (Å²) in [5, 5.41) is 9.70. The summed E-state index contributed by atoms with van der Waals surface area (Å²) in [7, 11) is 0. The molecule has 1 heterocycles. The Morgan fingerprint density at radius 1 is 0.786 bits per heavy atom. The van der Waals surface area contributed by atoms with Gasteiger partial charge in [0, 0.05) is 0 Å². The summed E-state index contributed by atoms with van der Waals surface area (Å²) in [6.45, 7) is 2.28. The van der Waals surface area contributed by atoms with Crippen molar-refractivity contribution >= 4 is 5.97 Å². The molecule has 1 aliphatic heterocycles. The van der Waals surface area contributed by atoms with Gasteiger partial charge in [0.2, 0.25) is 0 Å². The first kappa shape index (κ1) is 23.7. The zero-order chi connectivity index (χ0) is 20.1. The fourth-order valence-corrected chi connectivity index (χ4v) is 5.06. The number of epoxide rings is 1. The van der Waals surface area contributed by atoms with Gasteiger partial charge >= 0.3 is 5.97 Å². The molecular formula is C25H46O3. The Balaban J connectivity index is 1.34. The molecule has 3 heteroatoms. The van der Waals surface area contributed by atoms with Gasteiger partial charge < -0.3 is 9.84 Å². The number of hydrogen-bond donors (Lipinski definition) is 1. The molecule has 0 aromatic carbocycles. The second-order valence-corrected chi connectivity index (χ2v) is 9.59. The van der Waals surface area contributed by atoms with E-state index >= 15 is 0 Å². The molecule has 0 radical (unpaired) electrons. The number of ether oxygens (including phenoxy) is 1. The van der Waals surface area contributed by atoms with Crippen LogP contribution >= 0.6 is 0 Å². The van der Waals surface area contributed by atoms with E-state index in [2.05, 4.69) is 6.92 Å². The molecule has 0 aromatic rings. The van der Waals surface area contributed by atoms with Crippen LogP contribution in [0.2, 0.25) is 0 Å². The van der Waals surface area contributed by atoms with Crippen LogP contribution in [0, 0.1) is 5.41 Å². The van der Waals surface area contributed by atoms with Crippen LogP contribution in [0.15, 0.2) is 0 Å². The maximum atomic E-state index is 11.8. The average molecular weight is 395 g/mol. The van der Waals surface area contributed by atoms with Crippen LogP contribution in [-0.2, 0) is 9.53 Å². The van der Waals surface area contributed by atoms with Gasteiger partial charge in [0.25, 0.3) is 0 Å². The lowest BCUT2D eigenvalue weighted by atomic mass is 9.71. The summed E-state index contributed by atoms with van der Waals surface area (Å²) in [6, 6.07) is 0. The van der Waals surface area contributed by atoms with Crippen molar-refractivity contribution in [1.82, 2.24) is 0 Å². The Bertz CT molecular complexity index is 422. The number of fused-ring (bicyclic) bond motifs is 1. The van der Waals surface area contributed by atoms with Crippen molar-refractivity contribution < 1.29 is 14.6 Å². The number of unbranched alkanes of at least 4 members (excludes halogenated alkanes) is 15. The van der Waals surface area contributed by atoms with E-state index in [-0.39, 0.29) is 6.10 Å². The highest BCUT2D eigenvalue weighted by Gasteiger charge is 2.53. The van der Waals surface area contributed by atoms with Crippen molar-refractivity contribution in [1.29, 1.82) is 0 Å². The van der Waals surface area contributed by atoms with E-state index in [9.17, 15) is 9.90 Å². The van der Waals surface area contributed by atoms with Gasteiger partial charge in [0.15, 0.2) is 0 Å². The van der Waals surface area contributed by atoms with Crippen molar-refractivity contribution in [2.45, 2.75) is 148 Å². The highest BCUT2D eigenvalue weighted by molar-refractivity contribution is 5.75. The average Bonchev–Trinajstić information content (AvgIpc) is 3.46. The van der Waals surface area contributed by atoms with E-state index in [1.807, 2.05) is 0 Å². The van der Waals surface area contributed by atoms with Crippen LogP contribution in [0.5, 0.6) is 0 Å². The molecule has 0 amide bonds. The molecule has 0 aromatic heterocycles. The third-order valence-corrected chi connectivity index (χ3v) is 7.15. The first-order valence-electron chi connectivity index (χ1n) is 12.6. The van der Waals surface area contributed by atoms with Gasteiger partial charge in [-0.05, 0) is 25.7 Å². The van der Waals surface area contributed by atoms with E-state index in [0.29, 0.717) is 6.10 Å². The number of carboxylic acid groups (broad SMARTS) is 1. The van der Waals surface area contributed by atoms with Gasteiger partial charge in [0.1, 0.15) is 0 Å². The van der Waals surface area contributed by atoms with Crippen molar-refractivity contribution in [3.8, 4) is 0 Å². The van der Waals surface area contributed by atoms with E-state index in [1.165, 1.54) is 96.3 Å². The number of aliphatic carboxylic acids is 1. The molecule has 2 fully saturated rings. The molecule has 3 atom stereocenters. The standard InChI is InChI=1S/C25H46O3/c1-2-3-4-5-6-7-8-9-10-11-12-13-14-15-16-17-19-25(24(26)27)20-18-22-23(21-25)28-22/h22-23H,2-21H2,1H3,(H,26,27). The minimum absolute atomic E-state index is 0.255. The number of carboxylic acids is 1. The summed E-state index contributed by atoms with van der Waals surface area (Å²) < 4.78 is 5.55. The van der Waals surface area contributed by atoms with Gasteiger partial charge in [0.05, 0.1) is 17.6 Å².